The summed E-state index contributed by atoms with van der Waals surface area (Å²) in [7, 11) is 1.59. The Morgan fingerprint density at radius 1 is 1.03 bits per heavy atom. The van der Waals surface area contributed by atoms with Crippen LogP contribution < -0.4 is 10.1 Å². The monoisotopic (exact) mass is 485 g/mol. The molecule has 184 valence electrons. The van der Waals surface area contributed by atoms with Crippen LogP contribution in [0.2, 0.25) is 0 Å². The van der Waals surface area contributed by atoms with Gasteiger partial charge in [0.15, 0.2) is 0 Å². The fourth-order valence-electron chi connectivity index (χ4n) is 4.33. The van der Waals surface area contributed by atoms with Gasteiger partial charge in [-0.15, -0.1) is 0 Å². The van der Waals surface area contributed by atoms with E-state index in [2.05, 4.69) is 9.88 Å². The van der Waals surface area contributed by atoms with E-state index in [9.17, 15) is 22.8 Å². The summed E-state index contributed by atoms with van der Waals surface area (Å²) in [5, 5.41) is 2.61. The molecule has 4 rings (SSSR count). The van der Waals surface area contributed by atoms with E-state index in [1.165, 1.54) is 12.1 Å². The number of alkyl halides is 3. The second-order valence-corrected chi connectivity index (χ2v) is 8.37. The number of hydrogen-bond acceptors (Lipinski definition) is 3. The smallest absolute Gasteiger partial charge is 0.416 e. The summed E-state index contributed by atoms with van der Waals surface area (Å²) in [6.07, 6.45) is -2.53. The molecule has 35 heavy (non-hydrogen) atoms. The van der Waals surface area contributed by atoms with Crippen LogP contribution >= 0.6 is 0 Å². The lowest BCUT2D eigenvalue weighted by Crippen LogP contribution is -2.42. The number of nitrogens with one attached hydrogen (secondary N) is 1. The van der Waals surface area contributed by atoms with Gasteiger partial charge in [-0.3, -0.25) is 9.59 Å². The molecule has 1 N–H and O–H groups in total. The van der Waals surface area contributed by atoms with E-state index in [-0.39, 0.29) is 31.3 Å². The SMILES string of the molecule is COc1cccc(C2c3cccn3CCN2C(=O)CCC(=O)NCc2cccc(C(F)(F)F)c2)c1. The number of fused-ring (bicyclic) bond motifs is 1. The van der Waals surface area contributed by atoms with E-state index in [1.54, 1.807) is 12.0 Å². The van der Waals surface area contributed by atoms with Gasteiger partial charge in [0.2, 0.25) is 11.8 Å². The highest BCUT2D eigenvalue weighted by atomic mass is 19.4. The summed E-state index contributed by atoms with van der Waals surface area (Å²) < 4.78 is 46.1. The number of amides is 2. The highest BCUT2D eigenvalue weighted by Crippen LogP contribution is 2.34. The van der Waals surface area contributed by atoms with Crippen LogP contribution in [0.4, 0.5) is 13.2 Å². The molecule has 9 heteroatoms. The van der Waals surface area contributed by atoms with Crippen LogP contribution in [0.15, 0.2) is 66.9 Å². The molecule has 2 heterocycles. The normalized spacial score (nSPS) is 15.4. The largest absolute Gasteiger partial charge is 0.497 e. The van der Waals surface area contributed by atoms with Crippen molar-refractivity contribution in [3.63, 3.8) is 0 Å². The van der Waals surface area contributed by atoms with Crippen LogP contribution in [0.5, 0.6) is 5.75 Å². The summed E-state index contributed by atoms with van der Waals surface area (Å²) in [5.74, 6) is 0.126. The molecule has 2 amide bonds. The number of carbonyl (C=O) groups excluding carboxylic acids is 2. The van der Waals surface area contributed by atoms with Gasteiger partial charge in [0.05, 0.1) is 18.7 Å². The van der Waals surface area contributed by atoms with Crippen molar-refractivity contribution in [2.45, 2.75) is 38.1 Å². The summed E-state index contributed by atoms with van der Waals surface area (Å²) >= 11 is 0. The van der Waals surface area contributed by atoms with Crippen molar-refractivity contribution in [3.8, 4) is 5.75 Å². The lowest BCUT2D eigenvalue weighted by Gasteiger charge is -2.37. The first-order valence-electron chi connectivity index (χ1n) is 11.3. The maximum atomic E-state index is 13.2. The predicted octanol–water partition coefficient (Wildman–Crippen LogP) is 4.54. The average Bonchev–Trinajstić information content (AvgIpc) is 3.34. The molecule has 1 aromatic heterocycles. The predicted molar refractivity (Wildman–Crippen MR) is 124 cm³/mol. The molecule has 0 radical (unpaired) electrons. The first-order chi connectivity index (χ1) is 16.8. The molecule has 0 aliphatic carbocycles. The van der Waals surface area contributed by atoms with Crippen LogP contribution in [0, 0.1) is 0 Å². The van der Waals surface area contributed by atoms with Crippen molar-refractivity contribution in [2.24, 2.45) is 0 Å². The third-order valence-corrected chi connectivity index (χ3v) is 6.08. The number of nitrogens with zero attached hydrogens (tertiary/aromatic N) is 2. The minimum atomic E-state index is -4.44. The Kier molecular flexibility index (Phi) is 7.14. The Bertz CT molecular complexity index is 1210. The molecule has 0 spiro atoms. The summed E-state index contributed by atoms with van der Waals surface area (Å²) in [4.78, 5) is 27.3. The number of rotatable bonds is 7. The number of aromatic nitrogens is 1. The van der Waals surface area contributed by atoms with Crippen molar-refractivity contribution < 1.29 is 27.5 Å². The van der Waals surface area contributed by atoms with Gasteiger partial charge in [-0.05, 0) is 47.5 Å². The number of halogens is 3. The maximum absolute atomic E-state index is 13.2. The third-order valence-electron chi connectivity index (χ3n) is 6.08. The Morgan fingerprint density at radius 3 is 2.60 bits per heavy atom. The quantitative estimate of drug-likeness (QED) is 0.534. The molecule has 1 unspecified atom stereocenters. The molecule has 1 aliphatic heterocycles. The lowest BCUT2D eigenvalue weighted by atomic mass is 9.99. The molecular formula is C26H26F3N3O3. The molecule has 0 saturated carbocycles. The number of benzene rings is 2. The first kappa shape index (κ1) is 24.4. The zero-order valence-corrected chi connectivity index (χ0v) is 19.2. The highest BCUT2D eigenvalue weighted by molar-refractivity contribution is 5.84. The van der Waals surface area contributed by atoms with Crippen molar-refractivity contribution in [1.82, 2.24) is 14.8 Å². The summed E-state index contributed by atoms with van der Waals surface area (Å²) in [5.41, 5.74) is 1.46. The van der Waals surface area contributed by atoms with Gasteiger partial charge >= 0.3 is 6.18 Å². The Labute approximate surface area is 201 Å². The zero-order valence-electron chi connectivity index (χ0n) is 19.2. The van der Waals surface area contributed by atoms with E-state index in [0.29, 0.717) is 24.4 Å². The summed E-state index contributed by atoms with van der Waals surface area (Å²) in [6.45, 7) is 1.10. The van der Waals surface area contributed by atoms with Crippen molar-refractivity contribution >= 4 is 11.8 Å². The van der Waals surface area contributed by atoms with Gasteiger partial charge in [0.25, 0.3) is 0 Å². The molecule has 0 fully saturated rings. The van der Waals surface area contributed by atoms with Gasteiger partial charge in [-0.25, -0.2) is 0 Å². The molecule has 3 aromatic rings. The van der Waals surface area contributed by atoms with Gasteiger partial charge < -0.3 is 19.5 Å². The maximum Gasteiger partial charge on any atom is 0.416 e. The number of ether oxygens (including phenoxy) is 1. The number of methoxy groups -OCH3 is 1. The molecule has 1 aliphatic rings. The van der Waals surface area contributed by atoms with Crippen LogP contribution in [0.3, 0.4) is 0 Å². The first-order valence-corrected chi connectivity index (χ1v) is 11.3. The second-order valence-electron chi connectivity index (χ2n) is 8.37. The van der Waals surface area contributed by atoms with E-state index in [1.807, 2.05) is 42.6 Å². The number of carbonyl (C=O) groups is 2. The highest BCUT2D eigenvalue weighted by Gasteiger charge is 2.32. The fourth-order valence-corrected chi connectivity index (χ4v) is 4.33. The molecule has 2 aromatic carbocycles. The van der Waals surface area contributed by atoms with Crippen molar-refractivity contribution in [3.05, 3.63) is 89.2 Å². The van der Waals surface area contributed by atoms with Crippen LogP contribution in [-0.4, -0.2) is 34.9 Å². The van der Waals surface area contributed by atoms with Gasteiger partial charge in [0.1, 0.15) is 5.75 Å². The number of hydrogen-bond donors (Lipinski definition) is 1. The van der Waals surface area contributed by atoms with Crippen molar-refractivity contribution in [1.29, 1.82) is 0 Å². The molecule has 1 atom stereocenters. The van der Waals surface area contributed by atoms with E-state index >= 15 is 0 Å². The van der Waals surface area contributed by atoms with Crippen LogP contribution in [0.1, 0.15) is 41.3 Å². The van der Waals surface area contributed by atoms with Crippen LogP contribution in [0.25, 0.3) is 0 Å². The third kappa shape index (κ3) is 5.67. The molecular weight excluding hydrogens is 459 g/mol. The summed E-state index contributed by atoms with van der Waals surface area (Å²) in [6, 6.07) is 16.0. The Balaban J connectivity index is 1.40. The van der Waals surface area contributed by atoms with Crippen molar-refractivity contribution in [2.75, 3.05) is 13.7 Å². The molecule has 0 bridgehead atoms. The van der Waals surface area contributed by atoms with Gasteiger partial charge in [0, 0.05) is 44.4 Å². The second kappa shape index (κ2) is 10.2. The van der Waals surface area contributed by atoms with E-state index in [0.717, 1.165) is 23.4 Å². The average molecular weight is 486 g/mol. The van der Waals surface area contributed by atoms with Crippen LogP contribution in [-0.2, 0) is 28.9 Å². The lowest BCUT2D eigenvalue weighted by molar-refractivity contribution is -0.137. The standard InChI is InChI=1S/C26H26F3N3O3/c1-35-21-8-3-6-19(16-21)25-22-9-4-12-31(22)13-14-32(25)24(34)11-10-23(33)30-17-18-5-2-7-20(15-18)26(27,28)29/h2-9,12,15-16,25H,10-11,13-14,17H2,1H3,(H,30,33). The van der Waals surface area contributed by atoms with Gasteiger partial charge in [-0.2, -0.15) is 13.2 Å². The van der Waals surface area contributed by atoms with Gasteiger partial charge in [-0.1, -0.05) is 24.3 Å². The molecule has 0 saturated heterocycles. The minimum Gasteiger partial charge on any atom is -0.497 e. The topological polar surface area (TPSA) is 63.6 Å². The fraction of sp³-hybridized carbons (Fsp3) is 0.308. The minimum absolute atomic E-state index is 0.00436. The Hall–Kier alpha value is -3.75. The van der Waals surface area contributed by atoms with E-state index < -0.39 is 17.6 Å². The zero-order chi connectivity index (χ0) is 25.0. The Morgan fingerprint density at radius 2 is 1.83 bits per heavy atom. The van der Waals surface area contributed by atoms with E-state index in [4.69, 9.17) is 4.74 Å². The molecule has 6 nitrogen and oxygen atoms in total.